The molecule has 0 aliphatic carbocycles. The molecule has 27 heavy (non-hydrogen) atoms. The molecule has 0 radical (unpaired) electrons. The Labute approximate surface area is 179 Å². The Morgan fingerprint density at radius 3 is 2.04 bits per heavy atom. The molecule has 0 spiro atoms. The first kappa shape index (κ1) is 25.2. The maximum Gasteiger partial charge on any atom is 4.00 e. The minimum atomic E-state index is 0. The average molecular weight is 445 g/mol. The van der Waals surface area contributed by atoms with Crippen LogP contribution in [0.15, 0.2) is 60.8 Å². The Bertz CT molecular complexity index is 923. The number of hydrogen-bond donors (Lipinski definition) is 0. The van der Waals surface area contributed by atoms with Crippen LogP contribution in [0.2, 0.25) is 0 Å². The van der Waals surface area contributed by atoms with E-state index in [1.54, 1.807) is 0 Å². The van der Waals surface area contributed by atoms with E-state index in [2.05, 4.69) is 100.0 Å². The third kappa shape index (κ3) is 5.59. The summed E-state index contributed by atoms with van der Waals surface area (Å²) in [5.74, 6) is 0. The number of halogens is 2. The Balaban J connectivity index is 0.000000535. The van der Waals surface area contributed by atoms with Crippen molar-refractivity contribution in [3.05, 3.63) is 88.7 Å². The van der Waals surface area contributed by atoms with Crippen LogP contribution in [-0.4, -0.2) is 4.57 Å². The molecule has 0 bridgehead atoms. The van der Waals surface area contributed by atoms with E-state index in [1.807, 2.05) is 0 Å². The third-order valence-corrected chi connectivity index (χ3v) is 4.80. The van der Waals surface area contributed by atoms with Crippen LogP contribution in [0.3, 0.4) is 0 Å². The van der Waals surface area contributed by atoms with Crippen LogP contribution in [0, 0.1) is 34.6 Å². The summed E-state index contributed by atoms with van der Waals surface area (Å²) in [5.41, 5.74) is 8.09. The largest absolute Gasteiger partial charge is 4.00 e. The van der Waals surface area contributed by atoms with Crippen LogP contribution in [0.25, 0.3) is 16.5 Å². The van der Waals surface area contributed by atoms with Gasteiger partial charge in [0, 0.05) is 11.9 Å². The maximum atomic E-state index is 2.25. The van der Waals surface area contributed by atoms with Gasteiger partial charge in [-0.1, -0.05) is 26.8 Å². The van der Waals surface area contributed by atoms with Gasteiger partial charge in [-0.05, 0) is 31.2 Å². The van der Waals surface area contributed by atoms with Crippen LogP contribution >= 0.6 is 0 Å². The summed E-state index contributed by atoms with van der Waals surface area (Å²) in [6, 6.07) is 19.5. The van der Waals surface area contributed by atoms with E-state index in [4.69, 9.17) is 0 Å². The van der Waals surface area contributed by atoms with Crippen molar-refractivity contribution in [2.75, 3.05) is 0 Å². The van der Waals surface area contributed by atoms with E-state index < -0.39 is 0 Å². The van der Waals surface area contributed by atoms with Gasteiger partial charge in [0.2, 0.25) is 0 Å². The predicted molar refractivity (Wildman–Crippen MR) is 105 cm³/mol. The van der Waals surface area contributed by atoms with E-state index in [9.17, 15) is 0 Å². The number of nitrogens with zero attached hydrogens (tertiary/aromatic N) is 1. The average Bonchev–Trinajstić information content (AvgIpc) is 3.21. The van der Waals surface area contributed by atoms with Gasteiger partial charge in [0.1, 0.15) is 0 Å². The van der Waals surface area contributed by atoms with Gasteiger partial charge < -0.3 is 14.0 Å². The maximum absolute atomic E-state index is 2.25. The zero-order valence-corrected chi connectivity index (χ0v) is 18.9. The molecule has 0 saturated carbocycles. The quantitative estimate of drug-likeness (QED) is 0.372. The molecule has 1 aromatic heterocycles. The molecule has 4 aromatic rings. The molecule has 0 saturated heterocycles. The zero-order valence-electron chi connectivity index (χ0n) is 16.5. The number of hydrogen-bond acceptors (Lipinski definition) is 0. The molecule has 0 aliphatic rings. The van der Waals surface area contributed by atoms with E-state index in [0.717, 1.165) is 0 Å². The Morgan fingerprint density at radius 2 is 1.59 bits per heavy atom. The summed E-state index contributed by atoms with van der Waals surface area (Å²) >= 11 is 0. The molecular weight excluding hydrogens is 419 g/mol. The molecule has 0 unspecified atom stereocenters. The summed E-state index contributed by atoms with van der Waals surface area (Å²) in [7, 11) is 0. The second-order valence-electron chi connectivity index (χ2n) is 6.70. The first-order valence-electron chi connectivity index (χ1n) is 8.46. The van der Waals surface area contributed by atoms with E-state index in [1.165, 1.54) is 44.4 Å². The standard InChI is InChI=1S/C15H14N.C8H11.2FH.Zr/c1-11-7-12(2)16(10-11)15-8-13-5-3-4-6-14(13)9-15;1-6-4-5-7(2)8(6)3;;;/h3-10H,1-2H3;4-5H,1-3H3;2*1H;/q2*-1;;;+4/p-2. The molecule has 0 N–H and O–H groups in total. The number of aromatic nitrogens is 1. The normalized spacial score (nSPS) is 9.52. The zero-order chi connectivity index (χ0) is 17.3. The molecule has 4 heteroatoms. The number of benzene rings is 1. The minimum Gasteiger partial charge on any atom is -1.00 e. The molecule has 1 heterocycles. The van der Waals surface area contributed by atoms with Crippen molar-refractivity contribution in [2.45, 2.75) is 34.6 Å². The van der Waals surface area contributed by atoms with E-state index >= 15 is 0 Å². The second kappa shape index (κ2) is 10.5. The van der Waals surface area contributed by atoms with Gasteiger partial charge in [0.15, 0.2) is 0 Å². The Hall–Kier alpha value is -1.80. The number of fused-ring (bicyclic) bond motifs is 1. The van der Waals surface area contributed by atoms with Crippen molar-refractivity contribution < 1.29 is 35.6 Å². The van der Waals surface area contributed by atoms with Crippen LogP contribution in [0.5, 0.6) is 0 Å². The molecule has 0 aliphatic heterocycles. The summed E-state index contributed by atoms with van der Waals surface area (Å²) in [4.78, 5) is 0. The number of rotatable bonds is 1. The van der Waals surface area contributed by atoms with Crippen LogP contribution in [0.4, 0.5) is 0 Å². The van der Waals surface area contributed by atoms with Crippen molar-refractivity contribution >= 4 is 10.8 Å². The molecule has 0 fully saturated rings. The van der Waals surface area contributed by atoms with Crippen LogP contribution in [-0.2, 0) is 26.2 Å². The van der Waals surface area contributed by atoms with Gasteiger partial charge in [-0.2, -0.15) is 22.8 Å². The molecule has 1 nitrogen and oxygen atoms in total. The molecular formula is C23H25F2NZr. The number of aryl methyl sites for hydroxylation is 4. The summed E-state index contributed by atoms with van der Waals surface area (Å²) in [5, 5.41) is 2.62. The van der Waals surface area contributed by atoms with Crippen molar-refractivity contribution in [1.29, 1.82) is 0 Å². The first-order valence-corrected chi connectivity index (χ1v) is 8.46. The molecule has 4 rings (SSSR count). The fraction of sp³-hybridized carbons (Fsp3) is 0.217. The van der Waals surface area contributed by atoms with E-state index in [0.29, 0.717) is 0 Å². The minimum absolute atomic E-state index is 0. The molecule has 0 amide bonds. The van der Waals surface area contributed by atoms with E-state index in [-0.39, 0.29) is 35.6 Å². The van der Waals surface area contributed by atoms with Crippen LogP contribution in [0.1, 0.15) is 27.9 Å². The second-order valence-corrected chi connectivity index (χ2v) is 6.70. The monoisotopic (exact) mass is 443 g/mol. The van der Waals surface area contributed by atoms with Gasteiger partial charge in [-0.15, -0.1) is 41.1 Å². The SMILES string of the molecule is Cc1cc(C)n(-c2cc3ccccc3[cH-]2)c1.Cc1cc[c-](C)c1C.[F-].[F-].[Zr+4]. The Morgan fingerprint density at radius 1 is 0.926 bits per heavy atom. The molecule has 140 valence electrons. The van der Waals surface area contributed by atoms with Gasteiger partial charge in [0.05, 0.1) is 0 Å². The molecule has 3 aromatic carbocycles. The first-order chi connectivity index (χ1) is 11.5. The van der Waals surface area contributed by atoms with Gasteiger partial charge in [-0.25, -0.2) is 6.07 Å². The summed E-state index contributed by atoms with van der Waals surface area (Å²) < 4.78 is 2.25. The fourth-order valence-corrected chi connectivity index (χ4v) is 3.10. The summed E-state index contributed by atoms with van der Waals surface area (Å²) in [6.45, 7) is 10.7. The summed E-state index contributed by atoms with van der Waals surface area (Å²) in [6.07, 6.45) is 2.18. The smallest absolute Gasteiger partial charge is 1.00 e. The van der Waals surface area contributed by atoms with Gasteiger partial charge in [-0.3, -0.25) is 0 Å². The fourth-order valence-electron chi connectivity index (χ4n) is 3.10. The van der Waals surface area contributed by atoms with Crippen molar-refractivity contribution in [1.82, 2.24) is 4.57 Å². The van der Waals surface area contributed by atoms with Gasteiger partial charge in [0.25, 0.3) is 0 Å². The Kier molecular flexibility index (Phi) is 9.82. The third-order valence-electron chi connectivity index (χ3n) is 4.80. The van der Waals surface area contributed by atoms with Crippen LogP contribution < -0.4 is 9.41 Å². The topological polar surface area (TPSA) is 4.93 Å². The van der Waals surface area contributed by atoms with Crippen molar-refractivity contribution in [2.24, 2.45) is 0 Å². The molecule has 0 atom stereocenters. The van der Waals surface area contributed by atoms with Gasteiger partial charge >= 0.3 is 26.2 Å². The predicted octanol–water partition coefficient (Wildman–Crippen LogP) is 0.303. The van der Waals surface area contributed by atoms with Crippen molar-refractivity contribution in [3.8, 4) is 5.69 Å². The van der Waals surface area contributed by atoms with Crippen molar-refractivity contribution in [3.63, 3.8) is 0 Å².